The molecule has 3 nitrogen and oxygen atoms in total. The smallest absolute Gasteiger partial charge is 0.119 e. The number of hydrogen-bond acceptors (Lipinski definition) is 2. The molecule has 0 spiro atoms. The third-order valence-electron chi connectivity index (χ3n) is 2.89. The summed E-state index contributed by atoms with van der Waals surface area (Å²) in [5.74, 6) is 0.854. The minimum absolute atomic E-state index is 0.0713. The molecular formula is C14H17NO2. The van der Waals surface area contributed by atoms with Crippen LogP contribution in [-0.2, 0) is 0 Å². The summed E-state index contributed by atoms with van der Waals surface area (Å²) in [6.45, 7) is 2.15. The second-order valence-corrected chi connectivity index (χ2v) is 3.90. The molecule has 0 atom stereocenters. The van der Waals surface area contributed by atoms with Gasteiger partial charge in [-0.05, 0) is 36.3 Å². The van der Waals surface area contributed by atoms with E-state index in [-0.39, 0.29) is 6.61 Å². The topological polar surface area (TPSA) is 45.2 Å². The Hall–Kier alpha value is -1.74. The van der Waals surface area contributed by atoms with E-state index in [1.807, 2.05) is 24.3 Å². The summed E-state index contributed by atoms with van der Waals surface area (Å²) in [7, 11) is 1.66. The van der Waals surface area contributed by atoms with Crippen LogP contribution < -0.4 is 4.74 Å². The van der Waals surface area contributed by atoms with Gasteiger partial charge in [-0.1, -0.05) is 13.0 Å². The number of rotatable bonds is 4. The monoisotopic (exact) mass is 231 g/mol. The highest BCUT2D eigenvalue weighted by atomic mass is 16.5. The van der Waals surface area contributed by atoms with Crippen LogP contribution in [-0.4, -0.2) is 23.8 Å². The number of hydrogen-bond donors (Lipinski definition) is 2. The van der Waals surface area contributed by atoms with Crippen LogP contribution >= 0.6 is 0 Å². The predicted octanol–water partition coefficient (Wildman–Crippen LogP) is 2.96. The number of benzene rings is 1. The molecular weight excluding hydrogens is 214 g/mol. The van der Waals surface area contributed by atoms with Gasteiger partial charge in [-0.25, -0.2) is 0 Å². The highest BCUT2D eigenvalue weighted by molar-refractivity contribution is 5.85. The van der Waals surface area contributed by atoms with Gasteiger partial charge >= 0.3 is 0 Å². The van der Waals surface area contributed by atoms with Gasteiger partial charge in [-0.15, -0.1) is 0 Å². The molecule has 1 aromatic carbocycles. The molecule has 1 heterocycles. The van der Waals surface area contributed by atoms with Crippen molar-refractivity contribution < 1.29 is 9.84 Å². The number of aromatic amines is 1. The molecule has 0 aliphatic carbocycles. The van der Waals surface area contributed by atoms with Crippen LogP contribution in [0.4, 0.5) is 0 Å². The maximum Gasteiger partial charge on any atom is 0.119 e. The maximum atomic E-state index is 8.98. The summed E-state index contributed by atoms with van der Waals surface area (Å²) < 4.78 is 5.20. The lowest BCUT2D eigenvalue weighted by Gasteiger charge is -1.99. The molecule has 0 fully saturated rings. The van der Waals surface area contributed by atoms with Gasteiger partial charge in [0, 0.05) is 16.6 Å². The zero-order valence-corrected chi connectivity index (χ0v) is 10.2. The van der Waals surface area contributed by atoms with E-state index in [9.17, 15) is 0 Å². The van der Waals surface area contributed by atoms with Crippen LogP contribution in [0.25, 0.3) is 16.5 Å². The number of aromatic nitrogens is 1. The summed E-state index contributed by atoms with van der Waals surface area (Å²) in [6.07, 6.45) is 2.73. The van der Waals surface area contributed by atoms with Crippen LogP contribution in [0.1, 0.15) is 19.0 Å². The Labute approximate surface area is 101 Å². The van der Waals surface area contributed by atoms with Crippen LogP contribution in [0.5, 0.6) is 5.75 Å². The number of fused-ring (bicyclic) bond motifs is 1. The Morgan fingerprint density at radius 3 is 2.88 bits per heavy atom. The van der Waals surface area contributed by atoms with Crippen molar-refractivity contribution in [3.8, 4) is 5.75 Å². The molecule has 0 bridgehead atoms. The van der Waals surface area contributed by atoms with E-state index in [1.54, 1.807) is 7.11 Å². The summed E-state index contributed by atoms with van der Waals surface area (Å²) in [5.41, 5.74) is 3.27. The molecule has 0 saturated carbocycles. The molecule has 90 valence electrons. The number of ether oxygens (including phenoxy) is 1. The number of nitrogens with one attached hydrogen (secondary N) is 1. The van der Waals surface area contributed by atoms with Gasteiger partial charge in [0.05, 0.1) is 13.7 Å². The van der Waals surface area contributed by atoms with E-state index in [4.69, 9.17) is 9.84 Å². The van der Waals surface area contributed by atoms with E-state index in [0.717, 1.165) is 34.3 Å². The third-order valence-corrected chi connectivity index (χ3v) is 2.89. The van der Waals surface area contributed by atoms with E-state index in [1.165, 1.54) is 0 Å². The van der Waals surface area contributed by atoms with Crippen LogP contribution in [0.2, 0.25) is 0 Å². The van der Waals surface area contributed by atoms with Crippen LogP contribution in [0.15, 0.2) is 30.3 Å². The van der Waals surface area contributed by atoms with Crippen molar-refractivity contribution >= 4 is 16.5 Å². The fraction of sp³-hybridized carbons (Fsp3) is 0.286. The lowest BCUT2D eigenvalue weighted by molar-refractivity contribution is 0.343. The Balaban J connectivity index is 2.47. The normalized spacial score (nSPS) is 12.1. The second-order valence-electron chi connectivity index (χ2n) is 3.90. The molecule has 2 rings (SSSR count). The molecule has 0 aliphatic heterocycles. The minimum Gasteiger partial charge on any atom is -0.497 e. The van der Waals surface area contributed by atoms with Crippen LogP contribution in [0, 0.1) is 0 Å². The van der Waals surface area contributed by atoms with Crippen LogP contribution in [0.3, 0.4) is 0 Å². The molecule has 0 saturated heterocycles. The van der Waals surface area contributed by atoms with Crippen molar-refractivity contribution in [2.75, 3.05) is 13.7 Å². The van der Waals surface area contributed by atoms with Crippen molar-refractivity contribution in [1.82, 2.24) is 4.98 Å². The molecule has 0 aliphatic rings. The molecule has 0 amide bonds. The first-order valence-corrected chi connectivity index (χ1v) is 5.75. The van der Waals surface area contributed by atoms with Gasteiger partial charge in [0.25, 0.3) is 0 Å². The number of aliphatic hydroxyl groups is 1. The first kappa shape index (κ1) is 11.7. The van der Waals surface area contributed by atoms with Gasteiger partial charge in [-0.2, -0.15) is 0 Å². The number of H-pyrrole nitrogens is 1. The Kier molecular flexibility index (Phi) is 3.49. The van der Waals surface area contributed by atoms with Crippen molar-refractivity contribution in [2.24, 2.45) is 0 Å². The summed E-state index contributed by atoms with van der Waals surface area (Å²) in [4.78, 5) is 3.35. The van der Waals surface area contributed by atoms with Crippen molar-refractivity contribution in [3.63, 3.8) is 0 Å². The van der Waals surface area contributed by atoms with Crippen molar-refractivity contribution in [1.29, 1.82) is 0 Å². The lowest BCUT2D eigenvalue weighted by Crippen LogP contribution is -1.85. The average Bonchev–Trinajstić information content (AvgIpc) is 2.78. The zero-order chi connectivity index (χ0) is 12.3. The van der Waals surface area contributed by atoms with Gasteiger partial charge in [0.2, 0.25) is 0 Å². The van der Waals surface area contributed by atoms with E-state index in [0.29, 0.717) is 0 Å². The van der Waals surface area contributed by atoms with Crippen molar-refractivity contribution in [3.05, 3.63) is 36.0 Å². The summed E-state index contributed by atoms with van der Waals surface area (Å²) >= 11 is 0. The summed E-state index contributed by atoms with van der Waals surface area (Å²) in [6, 6.07) is 8.03. The number of aliphatic hydroxyl groups excluding tert-OH is 1. The molecule has 0 unspecified atom stereocenters. The second kappa shape index (κ2) is 5.06. The fourth-order valence-electron chi connectivity index (χ4n) is 1.97. The Bertz CT molecular complexity index is 540. The van der Waals surface area contributed by atoms with Gasteiger partial charge in [0.15, 0.2) is 0 Å². The predicted molar refractivity (Wildman–Crippen MR) is 70.2 cm³/mol. The van der Waals surface area contributed by atoms with Gasteiger partial charge < -0.3 is 14.8 Å². The van der Waals surface area contributed by atoms with E-state index >= 15 is 0 Å². The molecule has 1 aromatic heterocycles. The number of methoxy groups -OCH3 is 1. The highest BCUT2D eigenvalue weighted by Gasteiger charge is 2.05. The maximum absolute atomic E-state index is 8.98. The fourth-order valence-corrected chi connectivity index (χ4v) is 1.97. The first-order chi connectivity index (χ1) is 8.28. The average molecular weight is 231 g/mol. The van der Waals surface area contributed by atoms with E-state index < -0.39 is 0 Å². The minimum atomic E-state index is 0.0713. The summed E-state index contributed by atoms with van der Waals surface area (Å²) in [5, 5.41) is 10.1. The van der Waals surface area contributed by atoms with Crippen molar-refractivity contribution in [2.45, 2.75) is 13.3 Å². The largest absolute Gasteiger partial charge is 0.497 e. The quantitative estimate of drug-likeness (QED) is 0.849. The molecule has 2 N–H and O–H groups in total. The molecule has 0 radical (unpaired) electrons. The highest BCUT2D eigenvalue weighted by Crippen LogP contribution is 2.25. The SMILES string of the molecule is CCC(=CCO)c1cc2cc(OC)ccc2[nH]1. The van der Waals surface area contributed by atoms with Gasteiger partial charge in [0.1, 0.15) is 5.75 Å². The molecule has 17 heavy (non-hydrogen) atoms. The zero-order valence-electron chi connectivity index (χ0n) is 10.2. The number of allylic oxidation sites excluding steroid dienone is 1. The standard InChI is InChI=1S/C14H17NO2/c1-3-10(6-7-16)14-9-11-8-12(17-2)4-5-13(11)15-14/h4-6,8-9,15-16H,3,7H2,1-2H3. The Morgan fingerprint density at radius 1 is 1.41 bits per heavy atom. The third kappa shape index (κ3) is 2.34. The van der Waals surface area contributed by atoms with Gasteiger partial charge in [-0.3, -0.25) is 0 Å². The first-order valence-electron chi connectivity index (χ1n) is 5.75. The van der Waals surface area contributed by atoms with E-state index in [2.05, 4.69) is 18.0 Å². The molecule has 3 heteroatoms. The lowest BCUT2D eigenvalue weighted by atomic mass is 10.1. The Morgan fingerprint density at radius 2 is 2.24 bits per heavy atom. The molecule has 2 aromatic rings.